The van der Waals surface area contributed by atoms with Gasteiger partial charge in [0.15, 0.2) is 0 Å². The number of carbonyl (C=O) groups is 3. The van der Waals surface area contributed by atoms with Crippen LogP contribution in [0, 0.1) is 16.7 Å². The van der Waals surface area contributed by atoms with Crippen molar-refractivity contribution < 1.29 is 14.4 Å². The molecule has 0 spiro atoms. The fraction of sp³-hybridized carbons (Fsp3) is 0.692. The van der Waals surface area contributed by atoms with Crippen molar-refractivity contribution in [1.82, 2.24) is 10.2 Å². The predicted molar refractivity (Wildman–Crippen MR) is 67.6 cm³/mol. The molecule has 1 saturated heterocycles. The SMILES string of the molecule is CC(C)(C#N)CCC(=O)NCCN1C(=O)CCC1=O. The summed E-state index contributed by atoms with van der Waals surface area (Å²) in [5, 5.41) is 11.5. The zero-order chi connectivity index (χ0) is 14.5. The molecular formula is C13H19N3O3. The first kappa shape index (κ1) is 15.2. The van der Waals surface area contributed by atoms with Crippen LogP contribution in [0.5, 0.6) is 0 Å². The molecule has 0 aromatic heterocycles. The van der Waals surface area contributed by atoms with Crippen LogP contribution in [0.2, 0.25) is 0 Å². The molecule has 3 amide bonds. The van der Waals surface area contributed by atoms with Crippen molar-refractivity contribution in [3.8, 4) is 6.07 Å². The Hall–Kier alpha value is -1.90. The number of nitriles is 1. The van der Waals surface area contributed by atoms with Gasteiger partial charge in [-0.3, -0.25) is 19.3 Å². The summed E-state index contributed by atoms with van der Waals surface area (Å²) in [4.78, 5) is 35.3. The molecule has 1 aliphatic rings. The zero-order valence-corrected chi connectivity index (χ0v) is 11.4. The van der Waals surface area contributed by atoms with E-state index in [4.69, 9.17) is 5.26 Å². The summed E-state index contributed by atoms with van der Waals surface area (Å²) < 4.78 is 0. The van der Waals surface area contributed by atoms with Crippen LogP contribution in [-0.4, -0.2) is 35.7 Å². The molecule has 0 atom stereocenters. The number of hydrogen-bond donors (Lipinski definition) is 1. The number of nitrogens with one attached hydrogen (secondary N) is 1. The van der Waals surface area contributed by atoms with Gasteiger partial charge in [-0.15, -0.1) is 0 Å². The molecule has 0 aromatic carbocycles. The summed E-state index contributed by atoms with van der Waals surface area (Å²) in [7, 11) is 0. The van der Waals surface area contributed by atoms with E-state index in [0.29, 0.717) is 6.42 Å². The van der Waals surface area contributed by atoms with Crippen molar-refractivity contribution in [2.75, 3.05) is 13.1 Å². The van der Waals surface area contributed by atoms with Crippen molar-refractivity contribution in [2.24, 2.45) is 5.41 Å². The van der Waals surface area contributed by atoms with Crippen LogP contribution in [0.25, 0.3) is 0 Å². The van der Waals surface area contributed by atoms with Crippen LogP contribution in [0.15, 0.2) is 0 Å². The lowest BCUT2D eigenvalue weighted by molar-refractivity contribution is -0.138. The largest absolute Gasteiger partial charge is 0.354 e. The Morgan fingerprint density at radius 3 is 2.47 bits per heavy atom. The second-order valence-electron chi connectivity index (χ2n) is 5.28. The Morgan fingerprint density at radius 1 is 1.37 bits per heavy atom. The van der Waals surface area contributed by atoms with Crippen molar-refractivity contribution in [3.05, 3.63) is 0 Å². The van der Waals surface area contributed by atoms with Gasteiger partial charge >= 0.3 is 0 Å². The quantitative estimate of drug-likeness (QED) is 0.711. The van der Waals surface area contributed by atoms with E-state index in [-0.39, 0.29) is 50.1 Å². The minimum absolute atomic E-state index is 0.164. The molecule has 6 heteroatoms. The highest BCUT2D eigenvalue weighted by molar-refractivity contribution is 6.01. The molecule has 1 aliphatic heterocycles. The van der Waals surface area contributed by atoms with E-state index in [1.165, 1.54) is 4.90 Å². The zero-order valence-electron chi connectivity index (χ0n) is 11.4. The molecule has 0 bridgehead atoms. The molecule has 0 aromatic rings. The van der Waals surface area contributed by atoms with E-state index in [9.17, 15) is 14.4 Å². The molecule has 104 valence electrons. The Balaban J connectivity index is 2.23. The molecule has 1 N–H and O–H groups in total. The number of carbonyl (C=O) groups excluding carboxylic acids is 3. The molecule has 1 heterocycles. The van der Waals surface area contributed by atoms with E-state index in [2.05, 4.69) is 11.4 Å². The lowest BCUT2D eigenvalue weighted by atomic mass is 9.90. The number of hydrogen-bond acceptors (Lipinski definition) is 4. The molecule has 6 nitrogen and oxygen atoms in total. The van der Waals surface area contributed by atoms with Gasteiger partial charge in [-0.05, 0) is 20.3 Å². The van der Waals surface area contributed by atoms with Crippen LogP contribution >= 0.6 is 0 Å². The number of likely N-dealkylation sites (tertiary alicyclic amines) is 1. The van der Waals surface area contributed by atoms with E-state index < -0.39 is 5.41 Å². The Bertz CT molecular complexity index is 407. The van der Waals surface area contributed by atoms with Gasteiger partial charge in [0.25, 0.3) is 0 Å². The van der Waals surface area contributed by atoms with Gasteiger partial charge in [-0.25, -0.2) is 0 Å². The Kier molecular flexibility index (Phi) is 5.04. The number of nitrogens with zero attached hydrogens (tertiary/aromatic N) is 2. The highest BCUT2D eigenvalue weighted by Crippen LogP contribution is 2.20. The van der Waals surface area contributed by atoms with Gasteiger partial charge in [0.2, 0.25) is 17.7 Å². The summed E-state index contributed by atoms with van der Waals surface area (Å²) in [6.07, 6.45) is 1.28. The van der Waals surface area contributed by atoms with E-state index >= 15 is 0 Å². The van der Waals surface area contributed by atoms with Gasteiger partial charge in [0.05, 0.1) is 11.5 Å². The highest BCUT2D eigenvalue weighted by atomic mass is 16.2. The van der Waals surface area contributed by atoms with E-state index in [1.54, 1.807) is 13.8 Å². The topological polar surface area (TPSA) is 90.3 Å². The maximum absolute atomic E-state index is 11.5. The van der Waals surface area contributed by atoms with Gasteiger partial charge in [-0.1, -0.05) is 0 Å². The third-order valence-electron chi connectivity index (χ3n) is 3.09. The number of imide groups is 1. The second-order valence-corrected chi connectivity index (χ2v) is 5.28. The Morgan fingerprint density at radius 2 is 1.95 bits per heavy atom. The van der Waals surface area contributed by atoms with Crippen LogP contribution in [-0.2, 0) is 14.4 Å². The third-order valence-corrected chi connectivity index (χ3v) is 3.09. The van der Waals surface area contributed by atoms with Crippen molar-refractivity contribution in [2.45, 2.75) is 39.5 Å². The average molecular weight is 265 g/mol. The first-order valence-corrected chi connectivity index (χ1v) is 6.37. The number of amides is 3. The molecule has 0 aliphatic carbocycles. The van der Waals surface area contributed by atoms with Crippen LogP contribution < -0.4 is 5.32 Å². The molecule has 19 heavy (non-hydrogen) atoms. The number of rotatable bonds is 6. The predicted octanol–water partition coefficient (Wildman–Crippen LogP) is 0.582. The highest BCUT2D eigenvalue weighted by Gasteiger charge is 2.28. The minimum Gasteiger partial charge on any atom is -0.354 e. The van der Waals surface area contributed by atoms with Crippen LogP contribution in [0.3, 0.4) is 0 Å². The van der Waals surface area contributed by atoms with E-state index in [0.717, 1.165) is 0 Å². The summed E-state index contributed by atoms with van der Waals surface area (Å²) in [6.45, 7) is 4.05. The van der Waals surface area contributed by atoms with Crippen molar-refractivity contribution >= 4 is 17.7 Å². The summed E-state index contributed by atoms with van der Waals surface area (Å²) >= 11 is 0. The minimum atomic E-state index is -0.516. The smallest absolute Gasteiger partial charge is 0.229 e. The standard InChI is InChI=1S/C13H19N3O3/c1-13(2,9-14)6-5-10(17)15-7-8-16-11(18)3-4-12(16)19/h3-8H2,1-2H3,(H,15,17). The van der Waals surface area contributed by atoms with Crippen LogP contribution in [0.1, 0.15) is 39.5 Å². The molecule has 1 rings (SSSR count). The maximum atomic E-state index is 11.5. The molecular weight excluding hydrogens is 246 g/mol. The summed E-state index contributed by atoms with van der Waals surface area (Å²) in [6, 6.07) is 2.13. The van der Waals surface area contributed by atoms with Gasteiger partial charge in [0, 0.05) is 32.4 Å². The molecule has 1 fully saturated rings. The Labute approximate surface area is 112 Å². The van der Waals surface area contributed by atoms with Gasteiger partial charge in [0.1, 0.15) is 0 Å². The maximum Gasteiger partial charge on any atom is 0.229 e. The molecule has 0 unspecified atom stereocenters. The third kappa shape index (κ3) is 4.70. The molecule has 0 saturated carbocycles. The fourth-order valence-electron chi connectivity index (χ4n) is 1.75. The summed E-state index contributed by atoms with van der Waals surface area (Å²) in [5.41, 5.74) is -0.516. The fourth-order valence-corrected chi connectivity index (χ4v) is 1.75. The average Bonchev–Trinajstić information content (AvgIpc) is 2.68. The monoisotopic (exact) mass is 265 g/mol. The van der Waals surface area contributed by atoms with Crippen molar-refractivity contribution in [3.63, 3.8) is 0 Å². The van der Waals surface area contributed by atoms with Crippen LogP contribution in [0.4, 0.5) is 0 Å². The van der Waals surface area contributed by atoms with E-state index in [1.807, 2.05) is 0 Å². The first-order valence-electron chi connectivity index (χ1n) is 6.37. The van der Waals surface area contributed by atoms with Crippen molar-refractivity contribution in [1.29, 1.82) is 5.26 Å². The van der Waals surface area contributed by atoms with Gasteiger partial charge < -0.3 is 5.32 Å². The van der Waals surface area contributed by atoms with Gasteiger partial charge in [-0.2, -0.15) is 5.26 Å². The molecule has 0 radical (unpaired) electrons. The first-order chi connectivity index (χ1) is 8.85. The normalized spacial score (nSPS) is 15.5. The lowest BCUT2D eigenvalue weighted by Gasteiger charge is -2.16. The second kappa shape index (κ2) is 6.32. The lowest BCUT2D eigenvalue weighted by Crippen LogP contribution is -2.37. The summed E-state index contributed by atoms with van der Waals surface area (Å²) in [5.74, 6) is -0.517.